The van der Waals surface area contributed by atoms with Crippen molar-refractivity contribution in [2.24, 2.45) is 0 Å². The highest BCUT2D eigenvalue weighted by atomic mass is 16.5. The van der Waals surface area contributed by atoms with Crippen molar-refractivity contribution >= 4 is 0 Å². The Morgan fingerprint density at radius 1 is 1.27 bits per heavy atom. The standard InChI is InChI=1S/C18H27N3O/c1-4-13-22-18-8-6-5-7-17(18)15-19-14-16(2)21-11-9-20(3)10-12-21/h1,5-8,16,19H,9-15H2,2-3H3. The maximum atomic E-state index is 5.58. The molecule has 0 radical (unpaired) electrons. The fourth-order valence-electron chi connectivity index (χ4n) is 2.72. The molecule has 1 unspecified atom stereocenters. The molecule has 4 nitrogen and oxygen atoms in total. The number of ether oxygens (including phenoxy) is 1. The molecular weight excluding hydrogens is 274 g/mol. The van der Waals surface area contributed by atoms with Gasteiger partial charge in [0, 0.05) is 50.9 Å². The molecular formula is C18H27N3O. The van der Waals surface area contributed by atoms with Crippen molar-refractivity contribution in [3.8, 4) is 18.1 Å². The molecule has 1 fully saturated rings. The van der Waals surface area contributed by atoms with Crippen molar-refractivity contribution in [2.45, 2.75) is 19.5 Å². The lowest BCUT2D eigenvalue weighted by molar-refractivity contribution is 0.117. The predicted molar refractivity (Wildman–Crippen MR) is 91.0 cm³/mol. The van der Waals surface area contributed by atoms with Crippen molar-refractivity contribution in [2.75, 3.05) is 46.4 Å². The zero-order valence-electron chi connectivity index (χ0n) is 13.7. The van der Waals surface area contributed by atoms with Crippen LogP contribution in [0, 0.1) is 12.3 Å². The first-order chi connectivity index (χ1) is 10.7. The van der Waals surface area contributed by atoms with Gasteiger partial charge in [0.25, 0.3) is 0 Å². The summed E-state index contributed by atoms with van der Waals surface area (Å²) in [6.45, 7) is 9.02. The average Bonchev–Trinajstić information content (AvgIpc) is 2.54. The summed E-state index contributed by atoms with van der Waals surface area (Å²) in [4.78, 5) is 4.93. The molecule has 2 rings (SSSR count). The summed E-state index contributed by atoms with van der Waals surface area (Å²) in [5, 5.41) is 3.54. The fraction of sp³-hybridized carbons (Fsp3) is 0.556. The van der Waals surface area contributed by atoms with Crippen molar-refractivity contribution in [1.29, 1.82) is 0 Å². The van der Waals surface area contributed by atoms with Gasteiger partial charge in [-0.25, -0.2) is 0 Å². The highest BCUT2D eigenvalue weighted by Gasteiger charge is 2.18. The van der Waals surface area contributed by atoms with E-state index in [9.17, 15) is 0 Å². The van der Waals surface area contributed by atoms with Crippen molar-refractivity contribution in [3.63, 3.8) is 0 Å². The first-order valence-corrected chi connectivity index (χ1v) is 7.98. The molecule has 1 atom stereocenters. The summed E-state index contributed by atoms with van der Waals surface area (Å²) in [6, 6.07) is 8.61. The lowest BCUT2D eigenvalue weighted by Gasteiger charge is -2.36. The Bertz CT molecular complexity index is 489. The van der Waals surface area contributed by atoms with Crippen LogP contribution < -0.4 is 10.1 Å². The van der Waals surface area contributed by atoms with Crippen molar-refractivity contribution in [3.05, 3.63) is 29.8 Å². The molecule has 1 aliphatic heterocycles. The van der Waals surface area contributed by atoms with Gasteiger partial charge in [0.05, 0.1) is 0 Å². The summed E-state index contributed by atoms with van der Waals surface area (Å²) in [7, 11) is 2.19. The van der Waals surface area contributed by atoms with Gasteiger partial charge in [-0.1, -0.05) is 24.1 Å². The predicted octanol–water partition coefficient (Wildman–Crippen LogP) is 1.42. The highest BCUT2D eigenvalue weighted by molar-refractivity contribution is 5.33. The first-order valence-electron chi connectivity index (χ1n) is 7.98. The molecule has 0 aliphatic carbocycles. The quantitative estimate of drug-likeness (QED) is 0.771. The van der Waals surface area contributed by atoms with E-state index in [1.54, 1.807) is 0 Å². The number of terminal acetylenes is 1. The topological polar surface area (TPSA) is 27.7 Å². The van der Waals surface area contributed by atoms with E-state index in [1.807, 2.05) is 18.2 Å². The third-order valence-electron chi connectivity index (χ3n) is 4.20. The van der Waals surface area contributed by atoms with Crippen LogP contribution in [0.15, 0.2) is 24.3 Å². The van der Waals surface area contributed by atoms with Gasteiger partial charge in [-0.2, -0.15) is 0 Å². The summed E-state index contributed by atoms with van der Waals surface area (Å²) in [5.74, 6) is 3.39. The highest BCUT2D eigenvalue weighted by Crippen LogP contribution is 2.17. The van der Waals surface area contributed by atoms with E-state index in [0.717, 1.165) is 50.6 Å². The molecule has 22 heavy (non-hydrogen) atoms. The van der Waals surface area contributed by atoms with Crippen molar-refractivity contribution < 1.29 is 4.74 Å². The number of hydrogen-bond acceptors (Lipinski definition) is 4. The number of nitrogens with one attached hydrogen (secondary N) is 1. The van der Waals surface area contributed by atoms with Crippen LogP contribution in [0.2, 0.25) is 0 Å². The fourth-order valence-corrected chi connectivity index (χ4v) is 2.72. The van der Waals surface area contributed by atoms with Crippen LogP contribution >= 0.6 is 0 Å². The van der Waals surface area contributed by atoms with Crippen LogP contribution in [-0.4, -0.2) is 62.2 Å². The van der Waals surface area contributed by atoms with Gasteiger partial charge in [0.15, 0.2) is 0 Å². The Morgan fingerprint density at radius 3 is 2.73 bits per heavy atom. The van der Waals surface area contributed by atoms with E-state index in [4.69, 9.17) is 11.2 Å². The van der Waals surface area contributed by atoms with E-state index >= 15 is 0 Å². The van der Waals surface area contributed by atoms with Gasteiger partial charge in [0.2, 0.25) is 0 Å². The minimum Gasteiger partial charge on any atom is -0.481 e. The number of piperazine rings is 1. The Morgan fingerprint density at radius 2 is 2.00 bits per heavy atom. The second-order valence-electron chi connectivity index (χ2n) is 5.92. The van der Waals surface area contributed by atoms with Gasteiger partial charge in [-0.15, -0.1) is 6.42 Å². The summed E-state index contributed by atoms with van der Waals surface area (Å²) in [5.41, 5.74) is 1.16. The Kier molecular flexibility index (Phi) is 6.73. The molecule has 1 heterocycles. The number of nitrogens with zero attached hydrogens (tertiary/aromatic N) is 2. The maximum absolute atomic E-state index is 5.58. The SMILES string of the molecule is C#CCOc1ccccc1CNCC(C)N1CCN(C)CC1. The number of likely N-dealkylation sites (N-methyl/N-ethyl adjacent to an activating group) is 1. The molecule has 0 aromatic heterocycles. The van der Waals surface area contributed by atoms with E-state index in [2.05, 4.69) is 41.1 Å². The van der Waals surface area contributed by atoms with Crippen LogP contribution in [0.4, 0.5) is 0 Å². The minimum absolute atomic E-state index is 0.314. The van der Waals surface area contributed by atoms with E-state index in [0.29, 0.717) is 12.6 Å². The summed E-state index contributed by atoms with van der Waals surface area (Å²) in [6.07, 6.45) is 5.26. The summed E-state index contributed by atoms with van der Waals surface area (Å²) >= 11 is 0. The number of hydrogen-bond donors (Lipinski definition) is 1. The van der Waals surface area contributed by atoms with Crippen molar-refractivity contribution in [1.82, 2.24) is 15.1 Å². The number of para-hydroxylation sites is 1. The molecule has 1 saturated heterocycles. The van der Waals surface area contributed by atoms with Crippen LogP contribution in [0.25, 0.3) is 0 Å². The molecule has 1 N–H and O–H groups in total. The molecule has 0 amide bonds. The first kappa shape index (κ1) is 16.8. The molecule has 1 aromatic carbocycles. The molecule has 1 aliphatic rings. The van der Waals surface area contributed by atoms with Gasteiger partial charge in [-0.3, -0.25) is 4.90 Å². The Balaban J connectivity index is 1.77. The van der Waals surface area contributed by atoms with E-state index < -0.39 is 0 Å². The number of rotatable bonds is 7. The molecule has 1 aromatic rings. The third kappa shape index (κ3) is 5.03. The van der Waals surface area contributed by atoms with E-state index in [-0.39, 0.29) is 0 Å². The van der Waals surface area contributed by atoms with Crippen LogP contribution in [0.5, 0.6) is 5.75 Å². The largest absolute Gasteiger partial charge is 0.481 e. The number of benzene rings is 1. The van der Waals surface area contributed by atoms with Gasteiger partial charge < -0.3 is 15.0 Å². The van der Waals surface area contributed by atoms with Gasteiger partial charge in [0.1, 0.15) is 12.4 Å². The molecule has 4 heteroatoms. The zero-order chi connectivity index (χ0) is 15.8. The van der Waals surface area contributed by atoms with Crippen LogP contribution in [0.1, 0.15) is 12.5 Å². The Labute approximate surface area is 134 Å². The maximum Gasteiger partial charge on any atom is 0.148 e. The monoisotopic (exact) mass is 301 g/mol. The average molecular weight is 301 g/mol. The smallest absolute Gasteiger partial charge is 0.148 e. The molecule has 0 saturated carbocycles. The summed E-state index contributed by atoms with van der Waals surface area (Å²) < 4.78 is 5.58. The van der Waals surface area contributed by atoms with Gasteiger partial charge >= 0.3 is 0 Å². The third-order valence-corrected chi connectivity index (χ3v) is 4.20. The minimum atomic E-state index is 0.314. The second kappa shape index (κ2) is 8.79. The molecule has 120 valence electrons. The molecule has 0 spiro atoms. The lowest BCUT2D eigenvalue weighted by atomic mass is 10.2. The van der Waals surface area contributed by atoms with E-state index in [1.165, 1.54) is 0 Å². The van der Waals surface area contributed by atoms with Crippen LogP contribution in [-0.2, 0) is 6.54 Å². The van der Waals surface area contributed by atoms with Gasteiger partial charge in [-0.05, 0) is 20.0 Å². The second-order valence-corrected chi connectivity index (χ2v) is 5.92. The molecule has 0 bridgehead atoms. The lowest BCUT2D eigenvalue weighted by Crippen LogP contribution is -2.50. The zero-order valence-corrected chi connectivity index (χ0v) is 13.7. The normalized spacial score (nSPS) is 17.9. The Hall–Kier alpha value is -1.54. The van der Waals surface area contributed by atoms with Crippen LogP contribution in [0.3, 0.4) is 0 Å².